The van der Waals surface area contributed by atoms with Crippen LogP contribution in [0.4, 0.5) is 34.1 Å². The van der Waals surface area contributed by atoms with Gasteiger partial charge in [-0.1, -0.05) is 0 Å². The molecule has 4 aromatic carbocycles. The number of Topliss-reactive ketones (excluding diaryl/α,β-unsaturated/α-hetero) is 2. The summed E-state index contributed by atoms with van der Waals surface area (Å²) >= 11 is 0. The Labute approximate surface area is 273 Å². The molecule has 0 atom stereocenters. The molecule has 0 aromatic heterocycles. The number of hydrogen-bond donors (Lipinski definition) is 6. The van der Waals surface area contributed by atoms with Gasteiger partial charge in [0.15, 0.2) is 23.1 Å². The molecule has 0 saturated carbocycles. The molecule has 0 amide bonds. The number of carbonyl (C=O) groups excluding carboxylic acids is 2. The van der Waals surface area contributed by atoms with Crippen molar-refractivity contribution in [3.63, 3.8) is 0 Å². The third-order valence-electron chi connectivity index (χ3n) is 5.84. The summed E-state index contributed by atoms with van der Waals surface area (Å²) in [6.45, 7) is 2.31. The minimum absolute atomic E-state index is 0. The smallest absolute Gasteiger partial charge is 0.271 e. The van der Waals surface area contributed by atoms with Gasteiger partial charge in [-0.25, -0.2) is 0 Å². The second-order valence-corrected chi connectivity index (χ2v) is 9.03. The van der Waals surface area contributed by atoms with Crippen LogP contribution in [0.1, 0.15) is 34.6 Å². The Bertz CT molecular complexity index is 1810. The third-order valence-corrected chi connectivity index (χ3v) is 5.84. The van der Waals surface area contributed by atoms with E-state index in [4.69, 9.17) is 0 Å². The van der Waals surface area contributed by atoms with Crippen molar-refractivity contribution in [1.82, 2.24) is 0 Å². The van der Waals surface area contributed by atoms with Gasteiger partial charge < -0.3 is 30.6 Å². The standard InChI is InChI=1S/2C14H11N3O6.Co/c2*1-7(18)13-12(20)5-3-9(14(13)21)15-16-10-6-8(17(22)23)2-4-11(10)19;/h2*2-6,19-21H,1H3;. The fourth-order valence-corrected chi connectivity index (χ4v) is 3.62. The average molecular weight is 693 g/mol. The molecule has 18 nitrogen and oxygen atoms in total. The Morgan fingerprint density at radius 3 is 1.13 bits per heavy atom. The predicted octanol–water partition coefficient (Wildman–Crippen LogP) is 6.66. The Morgan fingerprint density at radius 1 is 0.532 bits per heavy atom. The molecule has 0 aliphatic heterocycles. The molecule has 0 bridgehead atoms. The van der Waals surface area contributed by atoms with Crippen LogP contribution in [0.25, 0.3) is 0 Å². The number of rotatable bonds is 8. The summed E-state index contributed by atoms with van der Waals surface area (Å²) < 4.78 is 0. The summed E-state index contributed by atoms with van der Waals surface area (Å²) in [6, 6.07) is 11.1. The second kappa shape index (κ2) is 15.5. The summed E-state index contributed by atoms with van der Waals surface area (Å²) in [5.41, 5.74) is -1.87. The predicted molar refractivity (Wildman–Crippen MR) is 157 cm³/mol. The number of nitro benzene ring substituents is 2. The third kappa shape index (κ3) is 8.80. The van der Waals surface area contributed by atoms with E-state index in [1.807, 2.05) is 0 Å². The monoisotopic (exact) mass is 693 g/mol. The van der Waals surface area contributed by atoms with Crippen LogP contribution in [-0.2, 0) is 16.8 Å². The van der Waals surface area contributed by atoms with Gasteiger partial charge in [-0.15, -0.1) is 20.5 Å². The molecule has 47 heavy (non-hydrogen) atoms. The number of nitro groups is 2. The van der Waals surface area contributed by atoms with Crippen LogP contribution in [-0.4, -0.2) is 52.1 Å². The number of carbonyl (C=O) groups is 2. The number of non-ortho nitro benzene ring substituents is 2. The van der Waals surface area contributed by atoms with Crippen molar-refractivity contribution in [2.75, 3.05) is 0 Å². The molecule has 245 valence electrons. The van der Waals surface area contributed by atoms with Gasteiger partial charge in [-0.05, 0) is 50.2 Å². The van der Waals surface area contributed by atoms with Crippen LogP contribution >= 0.6 is 0 Å². The van der Waals surface area contributed by atoms with Gasteiger partial charge in [-0.2, -0.15) is 0 Å². The molecule has 0 aliphatic rings. The SMILES string of the molecule is CC(=O)c1c(O)ccc(N=Nc2cc([N+](=O)[O-])ccc2O)c1O.CC(=O)c1c(O)ccc(N=Nc2cc([N+](=O)[O-])ccc2O)c1O.[Co]. The number of nitrogens with zero attached hydrogens (tertiary/aromatic N) is 6. The van der Waals surface area contributed by atoms with Gasteiger partial charge >= 0.3 is 0 Å². The van der Waals surface area contributed by atoms with Crippen LogP contribution in [0.2, 0.25) is 0 Å². The van der Waals surface area contributed by atoms with Crippen molar-refractivity contribution in [3.05, 3.63) is 92.0 Å². The first kappa shape index (κ1) is 36.7. The topological polar surface area (TPSA) is 291 Å². The van der Waals surface area contributed by atoms with E-state index in [2.05, 4.69) is 20.5 Å². The maximum atomic E-state index is 11.4. The molecular weight excluding hydrogens is 671 g/mol. The second-order valence-electron chi connectivity index (χ2n) is 9.03. The Kier molecular flexibility index (Phi) is 12.1. The molecule has 6 N–H and O–H groups in total. The zero-order chi connectivity index (χ0) is 34.3. The van der Waals surface area contributed by atoms with Gasteiger partial charge in [0.2, 0.25) is 0 Å². The molecule has 0 heterocycles. The zero-order valence-electron chi connectivity index (χ0n) is 23.9. The summed E-state index contributed by atoms with van der Waals surface area (Å²) in [5, 5.41) is 94.1. The van der Waals surface area contributed by atoms with Crippen LogP contribution in [0.15, 0.2) is 81.1 Å². The molecule has 19 heteroatoms. The van der Waals surface area contributed by atoms with Crippen molar-refractivity contribution < 1.29 is 66.9 Å². The number of phenolic OH excluding ortho intramolecular Hbond substituents is 6. The number of phenols is 6. The Morgan fingerprint density at radius 2 is 0.830 bits per heavy atom. The average Bonchev–Trinajstić information content (AvgIpc) is 2.97. The molecule has 0 spiro atoms. The van der Waals surface area contributed by atoms with Crippen molar-refractivity contribution in [3.8, 4) is 34.5 Å². The fourth-order valence-electron chi connectivity index (χ4n) is 3.62. The summed E-state index contributed by atoms with van der Waals surface area (Å²) in [6.07, 6.45) is 0. The molecule has 0 unspecified atom stereocenters. The molecule has 0 aliphatic carbocycles. The van der Waals surface area contributed by atoms with Crippen molar-refractivity contribution in [1.29, 1.82) is 0 Å². The zero-order valence-corrected chi connectivity index (χ0v) is 25.0. The molecule has 0 fully saturated rings. The number of ketones is 2. The Balaban J connectivity index is 0.000000320. The fraction of sp³-hybridized carbons (Fsp3) is 0.0714. The molecule has 1 radical (unpaired) electrons. The van der Waals surface area contributed by atoms with E-state index < -0.39 is 44.4 Å². The Hall–Kier alpha value is -6.47. The van der Waals surface area contributed by atoms with Gasteiger partial charge in [0.25, 0.3) is 11.4 Å². The first-order valence-electron chi connectivity index (χ1n) is 12.5. The van der Waals surface area contributed by atoms with Gasteiger partial charge in [0, 0.05) is 41.0 Å². The summed E-state index contributed by atoms with van der Waals surface area (Å²) in [7, 11) is 0. The number of azo groups is 2. The number of benzene rings is 4. The summed E-state index contributed by atoms with van der Waals surface area (Å²) in [5.74, 6) is -3.81. The van der Waals surface area contributed by atoms with E-state index in [1.165, 1.54) is 12.1 Å². The normalized spacial score (nSPS) is 10.6. The van der Waals surface area contributed by atoms with Gasteiger partial charge in [-0.3, -0.25) is 29.8 Å². The van der Waals surface area contributed by atoms with Gasteiger partial charge in [0.05, 0.1) is 9.85 Å². The van der Waals surface area contributed by atoms with E-state index in [0.717, 1.165) is 62.4 Å². The van der Waals surface area contributed by atoms with Crippen molar-refractivity contribution in [2.24, 2.45) is 20.5 Å². The minimum Gasteiger partial charge on any atom is -0.507 e. The maximum absolute atomic E-state index is 11.4. The molecule has 0 saturated heterocycles. The van der Waals surface area contributed by atoms with Crippen LogP contribution in [0.5, 0.6) is 34.5 Å². The molecule has 4 aromatic rings. The van der Waals surface area contributed by atoms with Crippen LogP contribution in [0.3, 0.4) is 0 Å². The van der Waals surface area contributed by atoms with E-state index in [9.17, 15) is 60.5 Å². The van der Waals surface area contributed by atoms with Gasteiger partial charge in [0.1, 0.15) is 56.9 Å². The number of aromatic hydroxyl groups is 6. The first-order valence-corrected chi connectivity index (χ1v) is 12.5. The van der Waals surface area contributed by atoms with Crippen molar-refractivity contribution in [2.45, 2.75) is 13.8 Å². The van der Waals surface area contributed by atoms with Crippen molar-refractivity contribution >= 4 is 45.7 Å². The quantitative estimate of drug-likeness (QED) is 0.0489. The maximum Gasteiger partial charge on any atom is 0.271 e. The van der Waals surface area contributed by atoms with E-state index in [1.54, 1.807) is 0 Å². The van der Waals surface area contributed by atoms with Crippen LogP contribution < -0.4 is 0 Å². The first-order chi connectivity index (χ1) is 21.6. The minimum atomic E-state index is -0.662. The molecule has 4 rings (SSSR count). The summed E-state index contributed by atoms with van der Waals surface area (Å²) in [4.78, 5) is 42.8. The number of hydrogen-bond acceptors (Lipinski definition) is 16. The van der Waals surface area contributed by atoms with Crippen LogP contribution in [0, 0.1) is 20.2 Å². The van der Waals surface area contributed by atoms with E-state index in [0.29, 0.717) is 0 Å². The van der Waals surface area contributed by atoms with E-state index in [-0.39, 0.29) is 73.5 Å². The van der Waals surface area contributed by atoms with E-state index >= 15 is 0 Å². The largest absolute Gasteiger partial charge is 0.507 e. The molecular formula is C28H22CoN6O12.